The molecule has 24 nitrogen and oxygen atoms in total. The van der Waals surface area contributed by atoms with Crippen LogP contribution in [-0.2, 0) is 39.3 Å². The van der Waals surface area contributed by atoms with Crippen molar-refractivity contribution in [1.29, 1.82) is 0 Å². The topological polar surface area (TPSA) is 332 Å². The molecule has 0 aliphatic rings. The van der Waals surface area contributed by atoms with Crippen LogP contribution < -0.4 is 45.6 Å². The molecule has 4 rings (SSSR count). The van der Waals surface area contributed by atoms with Crippen molar-refractivity contribution in [3.8, 4) is 0 Å². The highest BCUT2D eigenvalue weighted by Gasteiger charge is 2.27. The first kappa shape index (κ1) is 77.4. The molecule has 90 heavy (non-hydrogen) atoms. The predicted octanol–water partition coefficient (Wildman–Crippen LogP) is 5.20. The van der Waals surface area contributed by atoms with Crippen LogP contribution in [0.25, 0.3) is 0 Å². The van der Waals surface area contributed by atoms with Gasteiger partial charge in [0, 0.05) is 93.4 Å². The van der Waals surface area contributed by atoms with E-state index in [9.17, 15) is 14.4 Å². The van der Waals surface area contributed by atoms with Gasteiger partial charge in [0.25, 0.3) is 0 Å². The summed E-state index contributed by atoms with van der Waals surface area (Å²) in [6, 6.07) is -0.125. The number of rotatable bonds is 51. The molecule has 0 radical (unpaired) electrons. The Kier molecular flexibility index (Phi) is 37.6. The maximum absolute atomic E-state index is 12.5. The van der Waals surface area contributed by atoms with Crippen molar-refractivity contribution in [1.82, 2.24) is 45.6 Å². The van der Waals surface area contributed by atoms with E-state index in [1.165, 1.54) is 33.4 Å². The molecule has 6 amide bonds. The molecule has 3 heterocycles. The summed E-state index contributed by atoms with van der Waals surface area (Å²) >= 11 is 0. The number of nitrogens with one attached hydrogen (secondary N) is 6. The van der Waals surface area contributed by atoms with Gasteiger partial charge in [0.1, 0.15) is 56.8 Å². The van der Waals surface area contributed by atoms with E-state index < -0.39 is 26.4 Å². The maximum atomic E-state index is 12.5. The third-order valence-electron chi connectivity index (χ3n) is 16.8. The van der Waals surface area contributed by atoms with Gasteiger partial charge in [-0.15, -0.1) is 0 Å². The van der Waals surface area contributed by atoms with Gasteiger partial charge in [-0.05, 0) is 76.0 Å². The minimum absolute atomic E-state index is 0.107. The van der Waals surface area contributed by atoms with Crippen LogP contribution in [0.2, 0.25) is 18.1 Å². The van der Waals surface area contributed by atoms with Crippen LogP contribution in [0.3, 0.4) is 0 Å². The van der Waals surface area contributed by atoms with Gasteiger partial charge < -0.3 is 75.1 Å². The van der Waals surface area contributed by atoms with E-state index in [4.69, 9.17) is 43.2 Å². The van der Waals surface area contributed by atoms with Crippen molar-refractivity contribution in [2.45, 2.75) is 252 Å². The molecule has 0 aliphatic carbocycles. The first-order chi connectivity index (χ1) is 43.0. The van der Waals surface area contributed by atoms with E-state index >= 15 is 0 Å². The number of aryl methyl sites for hydroxylation is 3. The SMILES string of the molecule is Cc1c(C[n+]2ccn(CCCNC(=O)NCCCCCCCCCC[Si](O)(O)O)c2)c(C)c(C[n+]2ccn(CCCNC(=O)NCCCCCCCCCC[Si](O)(O)O)c2)c(C)c1C[n+]1ccn(CCCNC(=O)NCCCCCCCCCC[Si](O)(O)O)c1. The third-order valence-corrected chi connectivity index (χ3v) is 19.9. The first-order valence-corrected chi connectivity index (χ1v) is 40.0. The summed E-state index contributed by atoms with van der Waals surface area (Å²) in [5.74, 6) is 0. The van der Waals surface area contributed by atoms with Crippen molar-refractivity contribution in [3.05, 3.63) is 89.5 Å². The number of hydrogen-bond donors (Lipinski definition) is 15. The summed E-state index contributed by atoms with van der Waals surface area (Å²) in [4.78, 5) is 120. The van der Waals surface area contributed by atoms with E-state index in [0.717, 1.165) is 174 Å². The number of carbonyl (C=O) groups excluding carboxylic acids is 3. The van der Waals surface area contributed by atoms with Gasteiger partial charge in [-0.3, -0.25) is 0 Å². The molecule has 0 saturated carbocycles. The molecular formula is C63H117N12O12Si3+3. The van der Waals surface area contributed by atoms with Gasteiger partial charge in [-0.2, -0.15) is 0 Å². The highest BCUT2D eigenvalue weighted by atomic mass is 28.4. The summed E-state index contributed by atoms with van der Waals surface area (Å²) in [6.45, 7) is 14.6. The lowest BCUT2D eigenvalue weighted by molar-refractivity contribution is -0.690. The fourth-order valence-electron chi connectivity index (χ4n) is 11.5. The Morgan fingerprint density at radius 2 is 0.522 bits per heavy atom. The summed E-state index contributed by atoms with van der Waals surface area (Å²) in [5.41, 5.74) is 7.61. The largest absolute Gasteiger partial charge is 0.492 e. The lowest BCUT2D eigenvalue weighted by Gasteiger charge is -2.20. The first-order valence-electron chi connectivity index (χ1n) is 33.9. The van der Waals surface area contributed by atoms with Gasteiger partial charge in [-0.1, -0.05) is 116 Å². The van der Waals surface area contributed by atoms with E-state index in [1.54, 1.807) is 0 Å². The van der Waals surface area contributed by atoms with Gasteiger partial charge in [0.15, 0.2) is 0 Å². The normalized spacial score (nSPS) is 12.0. The van der Waals surface area contributed by atoms with Crippen LogP contribution in [0.15, 0.2) is 56.2 Å². The van der Waals surface area contributed by atoms with Crippen LogP contribution in [-0.4, -0.2) is 141 Å². The molecule has 0 fully saturated rings. The molecule has 0 atom stereocenters. The number of amides is 6. The van der Waals surface area contributed by atoms with Crippen LogP contribution in [0.4, 0.5) is 14.4 Å². The quantitative estimate of drug-likeness (QED) is 0.0154. The highest BCUT2D eigenvalue weighted by molar-refractivity contribution is 6.56. The summed E-state index contributed by atoms with van der Waals surface area (Å²) < 4.78 is 13.2. The average Bonchev–Trinajstić information content (AvgIpc) is 1.22. The Balaban J connectivity index is 1.26. The maximum Gasteiger partial charge on any atom is 0.492 e. The summed E-state index contributed by atoms with van der Waals surface area (Å²) in [7, 11) is -11.7. The van der Waals surface area contributed by atoms with Crippen molar-refractivity contribution in [2.24, 2.45) is 0 Å². The lowest BCUT2D eigenvalue weighted by Crippen LogP contribution is -2.37. The molecule has 0 unspecified atom stereocenters. The lowest BCUT2D eigenvalue weighted by atomic mass is 9.87. The highest BCUT2D eigenvalue weighted by Crippen LogP contribution is 2.28. The molecule has 510 valence electrons. The van der Waals surface area contributed by atoms with Gasteiger partial charge in [0.2, 0.25) is 19.0 Å². The zero-order valence-electron chi connectivity index (χ0n) is 54.8. The van der Waals surface area contributed by atoms with E-state index in [-0.39, 0.29) is 36.2 Å². The second-order valence-corrected chi connectivity index (χ2v) is 31.1. The molecule has 4 aromatic rings. The van der Waals surface area contributed by atoms with Crippen molar-refractivity contribution < 1.29 is 71.2 Å². The Morgan fingerprint density at radius 3 is 0.744 bits per heavy atom. The Hall–Kier alpha value is -5.05. The smallest absolute Gasteiger partial charge is 0.390 e. The minimum Gasteiger partial charge on any atom is -0.390 e. The number of imidazole rings is 3. The van der Waals surface area contributed by atoms with Crippen molar-refractivity contribution in [3.63, 3.8) is 0 Å². The molecule has 0 saturated heterocycles. The average molecular weight is 1320 g/mol. The van der Waals surface area contributed by atoms with Gasteiger partial charge in [-0.25, -0.2) is 41.8 Å². The molecule has 0 bridgehead atoms. The number of nitrogens with zero attached hydrogens (tertiary/aromatic N) is 6. The number of unbranched alkanes of at least 4 members (excludes halogenated alkanes) is 21. The van der Waals surface area contributed by atoms with Crippen LogP contribution in [0, 0.1) is 20.8 Å². The molecule has 1 aromatic carbocycles. The molecule has 0 spiro atoms. The number of benzene rings is 1. The number of carbonyl (C=O) groups is 3. The molecule has 27 heteroatoms. The van der Waals surface area contributed by atoms with E-state index in [0.29, 0.717) is 78.2 Å². The monoisotopic (exact) mass is 1320 g/mol. The predicted molar refractivity (Wildman–Crippen MR) is 352 cm³/mol. The summed E-state index contributed by atoms with van der Waals surface area (Å²) in [5, 5.41) is 17.9. The third kappa shape index (κ3) is 36.3. The van der Waals surface area contributed by atoms with Crippen LogP contribution >= 0.6 is 0 Å². The van der Waals surface area contributed by atoms with Gasteiger partial charge >= 0.3 is 44.5 Å². The number of urea groups is 3. The van der Waals surface area contributed by atoms with Gasteiger partial charge in [0.05, 0.1) is 19.6 Å². The fourth-order valence-corrected chi connectivity index (χ4v) is 13.6. The standard InChI is InChI=1S/C63H114N12O12Si3/c1-55-58(49-73-43-40-70(52-73)37-28-34-67-61(76)64-31-22-16-10-4-7-13-19-25-46-88(79,80)81)56(2)60(51-75-45-42-72(54-75)39-30-36-69-63(78)66-33-24-18-12-6-9-15-21-27-48-90(85,86)87)57(3)59(55)50-74-44-41-71(53-74)38-29-35-68-62(77)65-32-23-17-11-5-8-14-20-26-47-89(82,83)84/h40-45,52-54,79-87H,4-39,46-51H2,1-3H3,(H3-3,64,65,66,67,68,69,76,77,78)/p+3. The summed E-state index contributed by atoms with van der Waals surface area (Å²) in [6.07, 6.45) is 44.7. The van der Waals surface area contributed by atoms with Crippen molar-refractivity contribution in [2.75, 3.05) is 39.3 Å². The Bertz CT molecular complexity index is 2320. The number of aromatic nitrogens is 6. The Labute approximate surface area is 539 Å². The fraction of sp³-hybridized carbons (Fsp3) is 0.714. The molecule has 3 aromatic heterocycles. The van der Waals surface area contributed by atoms with E-state index in [2.05, 4.69) is 136 Å². The zero-order valence-corrected chi connectivity index (χ0v) is 57.8. The zero-order chi connectivity index (χ0) is 65.5. The number of hydrogen-bond acceptors (Lipinski definition) is 12. The van der Waals surface area contributed by atoms with Crippen LogP contribution in [0.5, 0.6) is 0 Å². The second kappa shape index (κ2) is 43.7. The minimum atomic E-state index is -3.91. The van der Waals surface area contributed by atoms with E-state index in [1.807, 2.05) is 0 Å². The molecule has 0 aliphatic heterocycles. The Morgan fingerprint density at radius 1 is 0.322 bits per heavy atom. The second-order valence-electron chi connectivity index (χ2n) is 24.9. The molecular weight excluding hydrogens is 1200 g/mol. The molecule has 15 N–H and O–H groups in total. The van der Waals surface area contributed by atoms with Crippen LogP contribution in [0.1, 0.15) is 207 Å². The van der Waals surface area contributed by atoms with Crippen molar-refractivity contribution >= 4 is 44.5 Å².